The SMILES string of the molecule is N#Cc1cc(-n2c3ccccc3c3ccc(-c4nc(-c5ccccc5)nc(-c5ccccc5)n4)cc32)c(-c2ccc(C(F)(F)F)cc2C(F)(F)F)cc1-n1c2ccccc2c2ccc(-c3nc(-c4ccccc4)nc(-c4ccccc4)n3)cc21. The zero-order valence-corrected chi connectivity index (χ0v) is 43.8. The maximum absolute atomic E-state index is 15.8. The van der Waals surface area contributed by atoms with Crippen LogP contribution in [0.15, 0.2) is 237 Å². The van der Waals surface area contributed by atoms with Crippen molar-refractivity contribution in [1.29, 1.82) is 5.26 Å². The molecule has 0 aliphatic rings. The molecule has 0 amide bonds. The summed E-state index contributed by atoms with van der Waals surface area (Å²) in [6.07, 6.45) is -10.4. The Kier molecular flexibility index (Phi) is 12.3. The number of alkyl halides is 6. The summed E-state index contributed by atoms with van der Waals surface area (Å²) in [6.45, 7) is 0. The van der Waals surface area contributed by atoms with Crippen LogP contribution in [0.3, 0.4) is 0 Å². The maximum atomic E-state index is 15.8. The molecule has 0 spiro atoms. The summed E-state index contributed by atoms with van der Waals surface area (Å²) in [5, 5.41) is 14.4. The van der Waals surface area contributed by atoms with Crippen molar-refractivity contribution in [2.24, 2.45) is 0 Å². The predicted molar refractivity (Wildman–Crippen MR) is 315 cm³/mol. The van der Waals surface area contributed by atoms with Crippen molar-refractivity contribution in [2.45, 2.75) is 12.4 Å². The topological polar surface area (TPSA) is 111 Å². The van der Waals surface area contributed by atoms with E-state index in [4.69, 9.17) is 29.9 Å². The number of hydrogen-bond acceptors (Lipinski definition) is 7. The monoisotopic (exact) mass is 1110 g/mol. The summed E-state index contributed by atoms with van der Waals surface area (Å²) in [6, 6.07) is 70.8. The van der Waals surface area contributed by atoms with Gasteiger partial charge in [0.2, 0.25) is 0 Å². The summed E-state index contributed by atoms with van der Waals surface area (Å²) in [7, 11) is 0. The summed E-state index contributed by atoms with van der Waals surface area (Å²) in [4.78, 5) is 29.6. The Morgan fingerprint density at radius 1 is 0.310 bits per heavy atom. The Bertz CT molecular complexity index is 4820. The molecule has 4 aromatic heterocycles. The van der Waals surface area contributed by atoms with Gasteiger partial charge in [0.15, 0.2) is 34.9 Å². The van der Waals surface area contributed by atoms with Crippen LogP contribution in [0.1, 0.15) is 16.7 Å². The highest BCUT2D eigenvalue weighted by Crippen LogP contribution is 2.47. The normalized spacial score (nSPS) is 11.9. The Morgan fingerprint density at radius 3 is 1.07 bits per heavy atom. The number of fused-ring (bicyclic) bond motifs is 6. The van der Waals surface area contributed by atoms with Crippen LogP contribution in [0, 0.1) is 11.3 Å². The molecule has 4 heterocycles. The molecule has 402 valence electrons. The lowest BCUT2D eigenvalue weighted by Crippen LogP contribution is -2.13. The fourth-order valence-electron chi connectivity index (χ4n) is 11.1. The largest absolute Gasteiger partial charge is 0.417 e. The number of nitriles is 1. The third-order valence-corrected chi connectivity index (χ3v) is 14.9. The van der Waals surface area contributed by atoms with Crippen molar-refractivity contribution in [2.75, 3.05) is 0 Å². The van der Waals surface area contributed by atoms with E-state index in [0.29, 0.717) is 85.0 Å². The number of para-hydroxylation sites is 2. The number of nitrogens with zero attached hydrogens (tertiary/aromatic N) is 9. The van der Waals surface area contributed by atoms with E-state index in [1.54, 1.807) is 15.2 Å². The molecule has 0 aliphatic heterocycles. The van der Waals surface area contributed by atoms with Gasteiger partial charge in [-0.1, -0.05) is 188 Å². The highest BCUT2D eigenvalue weighted by molar-refractivity contribution is 6.12. The van der Waals surface area contributed by atoms with Gasteiger partial charge in [-0.25, -0.2) is 29.9 Å². The molecule has 0 N–H and O–H groups in total. The van der Waals surface area contributed by atoms with E-state index in [9.17, 15) is 18.4 Å². The van der Waals surface area contributed by atoms with E-state index in [0.717, 1.165) is 39.1 Å². The van der Waals surface area contributed by atoms with Crippen LogP contribution in [0.5, 0.6) is 0 Å². The molecule has 15 heteroatoms. The molecule has 0 atom stereocenters. The lowest BCUT2D eigenvalue weighted by atomic mass is 9.93. The first-order chi connectivity index (χ1) is 40.9. The van der Waals surface area contributed by atoms with Gasteiger partial charge in [0.05, 0.1) is 50.1 Å². The molecule has 0 saturated heterocycles. The molecule has 0 radical (unpaired) electrons. The first kappa shape index (κ1) is 51.1. The minimum atomic E-state index is -5.29. The molecule has 0 fully saturated rings. The highest BCUT2D eigenvalue weighted by atomic mass is 19.4. The Morgan fingerprint density at radius 2 is 0.679 bits per heavy atom. The quantitative estimate of drug-likeness (QED) is 0.132. The first-order valence-electron chi connectivity index (χ1n) is 26.5. The van der Waals surface area contributed by atoms with E-state index >= 15 is 13.2 Å². The lowest BCUT2D eigenvalue weighted by molar-refractivity contribution is -0.142. The van der Waals surface area contributed by atoms with E-state index in [1.807, 2.05) is 200 Å². The van der Waals surface area contributed by atoms with Crippen molar-refractivity contribution in [1.82, 2.24) is 39.0 Å². The fourth-order valence-corrected chi connectivity index (χ4v) is 11.1. The number of aromatic nitrogens is 8. The smallest absolute Gasteiger partial charge is 0.309 e. The minimum absolute atomic E-state index is 0.0414. The summed E-state index contributed by atoms with van der Waals surface area (Å²) >= 11 is 0. The van der Waals surface area contributed by atoms with E-state index in [-0.39, 0.29) is 28.6 Å². The van der Waals surface area contributed by atoms with Crippen LogP contribution in [-0.4, -0.2) is 39.0 Å². The summed E-state index contributed by atoms with van der Waals surface area (Å²) < 4.78 is 94.5. The second-order valence-corrected chi connectivity index (χ2v) is 20.0. The number of benzene rings is 10. The maximum Gasteiger partial charge on any atom is 0.417 e. The molecule has 0 saturated carbocycles. The van der Waals surface area contributed by atoms with Gasteiger partial charge in [0.1, 0.15) is 6.07 Å². The average Bonchev–Trinajstić information content (AvgIpc) is 3.31. The summed E-state index contributed by atoms with van der Waals surface area (Å²) in [5.74, 6) is 2.27. The van der Waals surface area contributed by atoms with Gasteiger partial charge in [-0.2, -0.15) is 31.6 Å². The second kappa shape index (κ2) is 20.2. The van der Waals surface area contributed by atoms with Crippen LogP contribution in [-0.2, 0) is 12.4 Å². The van der Waals surface area contributed by atoms with Gasteiger partial charge in [0.25, 0.3) is 0 Å². The Hall–Kier alpha value is -11.1. The van der Waals surface area contributed by atoms with Gasteiger partial charge in [-0.05, 0) is 54.1 Å². The zero-order chi connectivity index (χ0) is 57.3. The average molecular weight is 1110 g/mol. The van der Waals surface area contributed by atoms with Crippen LogP contribution in [0.25, 0.3) is 134 Å². The fraction of sp³-hybridized carbons (Fsp3) is 0.0290. The Labute approximate surface area is 474 Å². The molecule has 84 heavy (non-hydrogen) atoms. The molecule has 14 rings (SSSR count). The Balaban J connectivity index is 1.05. The van der Waals surface area contributed by atoms with Crippen molar-refractivity contribution in [3.8, 4) is 96.9 Å². The summed E-state index contributed by atoms with van der Waals surface area (Å²) in [5.41, 5.74) is 2.84. The minimum Gasteiger partial charge on any atom is -0.309 e. The lowest BCUT2D eigenvalue weighted by Gasteiger charge is -2.22. The van der Waals surface area contributed by atoms with Crippen LogP contribution in [0.2, 0.25) is 0 Å². The molecular formula is C69H39F6N9. The van der Waals surface area contributed by atoms with Gasteiger partial charge in [-0.15, -0.1) is 0 Å². The van der Waals surface area contributed by atoms with Crippen molar-refractivity contribution in [3.05, 3.63) is 253 Å². The van der Waals surface area contributed by atoms with Gasteiger partial charge < -0.3 is 9.13 Å². The van der Waals surface area contributed by atoms with Gasteiger partial charge >= 0.3 is 12.4 Å². The number of rotatable bonds is 9. The molecule has 9 nitrogen and oxygen atoms in total. The molecule has 14 aromatic rings. The zero-order valence-electron chi connectivity index (χ0n) is 43.8. The van der Waals surface area contributed by atoms with E-state index < -0.39 is 29.0 Å². The third-order valence-electron chi connectivity index (χ3n) is 14.9. The molecular weight excluding hydrogens is 1070 g/mol. The molecule has 0 aliphatic carbocycles. The van der Waals surface area contributed by atoms with E-state index in [2.05, 4.69) is 6.07 Å². The standard InChI is InChI=1S/C69H39F6N9/c70-68(71,72)48-31-34-49(55(38-48)69(73,74)75)54-39-58(83-56-27-15-13-25-50(56)52-32-29-45(35-59(52)83)66-79-62(41-17-5-1-6-18-41)77-63(80-66)42-19-7-2-8-20-42)47(40-76)37-61(54)84-57-28-16-14-26-51(57)53-33-30-46(36-60(53)84)67-81-64(43-21-9-3-10-22-43)78-65(82-67)44-23-11-4-12-24-44/h1-39H. The number of halogens is 6. The van der Waals surface area contributed by atoms with Crippen LogP contribution >= 0.6 is 0 Å². The molecule has 10 aromatic carbocycles. The first-order valence-corrected chi connectivity index (χ1v) is 26.5. The van der Waals surface area contributed by atoms with Crippen molar-refractivity contribution < 1.29 is 26.3 Å². The van der Waals surface area contributed by atoms with Gasteiger partial charge in [-0.3, -0.25) is 0 Å². The van der Waals surface area contributed by atoms with Crippen molar-refractivity contribution >= 4 is 43.6 Å². The van der Waals surface area contributed by atoms with Gasteiger partial charge in [0, 0.05) is 60.5 Å². The highest BCUT2D eigenvalue weighted by Gasteiger charge is 2.39. The van der Waals surface area contributed by atoms with Crippen LogP contribution < -0.4 is 0 Å². The molecule has 0 unspecified atom stereocenters. The number of hydrogen-bond donors (Lipinski definition) is 0. The van der Waals surface area contributed by atoms with E-state index in [1.165, 1.54) is 12.1 Å². The molecule has 0 bridgehead atoms. The predicted octanol–water partition coefficient (Wildman–Crippen LogP) is 17.8. The van der Waals surface area contributed by atoms with Crippen LogP contribution in [0.4, 0.5) is 26.3 Å². The third kappa shape index (κ3) is 9.02. The van der Waals surface area contributed by atoms with Crippen molar-refractivity contribution in [3.63, 3.8) is 0 Å². The second-order valence-electron chi connectivity index (χ2n) is 20.0.